The summed E-state index contributed by atoms with van der Waals surface area (Å²) in [5, 5.41) is -2.25. The summed E-state index contributed by atoms with van der Waals surface area (Å²) in [6, 6.07) is 0. The van der Waals surface area contributed by atoms with Gasteiger partial charge in [0.15, 0.2) is 11.3 Å². The van der Waals surface area contributed by atoms with E-state index in [1.807, 2.05) is 0 Å². The number of ether oxygens (including phenoxy) is 1. The number of ketones is 1. The zero-order valence-electron chi connectivity index (χ0n) is 8.78. The minimum absolute atomic E-state index is 0.118. The molecule has 0 aliphatic heterocycles. The molecule has 0 aromatic carbocycles. The van der Waals surface area contributed by atoms with Gasteiger partial charge in [0.1, 0.15) is 5.38 Å². The molecule has 0 aromatic rings. The van der Waals surface area contributed by atoms with Crippen molar-refractivity contribution in [2.45, 2.75) is 30.2 Å². The molecular formula is C8H8Cl2F6O2. The highest BCUT2D eigenvalue weighted by molar-refractivity contribution is 6.37. The van der Waals surface area contributed by atoms with Gasteiger partial charge in [-0.3, -0.25) is 4.79 Å². The molecular weight excluding hydrogens is 313 g/mol. The Labute approximate surface area is 108 Å². The van der Waals surface area contributed by atoms with Gasteiger partial charge in [-0.2, -0.15) is 26.3 Å². The third-order valence-electron chi connectivity index (χ3n) is 1.77. The second kappa shape index (κ2) is 6.29. The first-order chi connectivity index (χ1) is 7.92. The molecule has 0 aliphatic carbocycles. The molecule has 0 aromatic heterocycles. The number of rotatable bonds is 5. The summed E-state index contributed by atoms with van der Waals surface area (Å²) >= 11 is 10.4. The van der Waals surface area contributed by atoms with Crippen molar-refractivity contribution in [2.24, 2.45) is 5.92 Å². The SMILES string of the molecule is CCOC(Cl)C(Cl)C(=O)C(C(F)(F)F)C(F)(F)F. The molecule has 2 nitrogen and oxygen atoms in total. The van der Waals surface area contributed by atoms with E-state index in [9.17, 15) is 31.1 Å². The Hall–Kier alpha value is -0.210. The Morgan fingerprint density at radius 1 is 1.11 bits per heavy atom. The Balaban J connectivity index is 5.11. The number of hydrogen-bond donors (Lipinski definition) is 0. The highest BCUT2D eigenvalue weighted by Crippen LogP contribution is 2.41. The van der Waals surface area contributed by atoms with E-state index < -0.39 is 35.0 Å². The molecule has 0 bridgehead atoms. The second-order valence-corrected chi connectivity index (χ2v) is 4.03. The highest BCUT2D eigenvalue weighted by atomic mass is 35.5. The maximum Gasteiger partial charge on any atom is 0.407 e. The quantitative estimate of drug-likeness (QED) is 0.572. The van der Waals surface area contributed by atoms with Crippen LogP contribution in [0.3, 0.4) is 0 Å². The topological polar surface area (TPSA) is 26.3 Å². The lowest BCUT2D eigenvalue weighted by Crippen LogP contribution is -2.47. The Morgan fingerprint density at radius 2 is 1.50 bits per heavy atom. The van der Waals surface area contributed by atoms with Gasteiger partial charge in [0.25, 0.3) is 0 Å². The van der Waals surface area contributed by atoms with E-state index in [1.165, 1.54) is 6.92 Å². The van der Waals surface area contributed by atoms with Crippen molar-refractivity contribution in [2.75, 3.05) is 6.61 Å². The molecule has 0 heterocycles. The maximum atomic E-state index is 12.2. The predicted molar refractivity (Wildman–Crippen MR) is 51.5 cm³/mol. The van der Waals surface area contributed by atoms with E-state index in [4.69, 9.17) is 23.2 Å². The lowest BCUT2D eigenvalue weighted by molar-refractivity contribution is -0.273. The number of alkyl halides is 8. The summed E-state index contributed by atoms with van der Waals surface area (Å²) in [5.41, 5.74) is -1.77. The van der Waals surface area contributed by atoms with E-state index in [-0.39, 0.29) is 6.61 Å². The van der Waals surface area contributed by atoms with E-state index in [0.29, 0.717) is 0 Å². The molecule has 0 fully saturated rings. The van der Waals surface area contributed by atoms with Gasteiger partial charge in [0.2, 0.25) is 5.92 Å². The van der Waals surface area contributed by atoms with Crippen molar-refractivity contribution in [3.8, 4) is 0 Å². The fourth-order valence-corrected chi connectivity index (χ4v) is 1.49. The van der Waals surface area contributed by atoms with Gasteiger partial charge in [0, 0.05) is 6.61 Å². The molecule has 2 unspecified atom stereocenters. The summed E-state index contributed by atoms with van der Waals surface area (Å²) in [6.45, 7) is 1.27. The van der Waals surface area contributed by atoms with Crippen molar-refractivity contribution >= 4 is 29.0 Å². The summed E-state index contributed by atoms with van der Waals surface area (Å²) in [4.78, 5) is 11.1. The van der Waals surface area contributed by atoms with Crippen LogP contribution in [0.1, 0.15) is 6.92 Å². The Morgan fingerprint density at radius 3 is 1.78 bits per heavy atom. The first-order valence-corrected chi connectivity index (χ1v) is 5.37. The van der Waals surface area contributed by atoms with E-state index >= 15 is 0 Å². The van der Waals surface area contributed by atoms with Crippen LogP contribution in [0, 0.1) is 5.92 Å². The summed E-state index contributed by atoms with van der Waals surface area (Å²) < 4.78 is 77.6. The number of hydrogen-bond acceptors (Lipinski definition) is 2. The molecule has 0 N–H and O–H groups in total. The van der Waals surface area contributed by atoms with E-state index in [1.54, 1.807) is 0 Å². The minimum Gasteiger partial charge on any atom is -0.361 e. The first-order valence-electron chi connectivity index (χ1n) is 4.49. The summed E-state index contributed by atoms with van der Waals surface area (Å²) in [5.74, 6) is -6.46. The third-order valence-corrected chi connectivity index (χ3v) is 2.72. The molecule has 0 saturated heterocycles. The molecule has 0 rings (SSSR count). The molecule has 0 amide bonds. The third kappa shape index (κ3) is 4.81. The summed E-state index contributed by atoms with van der Waals surface area (Å²) in [7, 11) is 0. The van der Waals surface area contributed by atoms with Gasteiger partial charge in [-0.05, 0) is 6.92 Å². The van der Waals surface area contributed by atoms with Crippen molar-refractivity contribution in [1.29, 1.82) is 0 Å². The van der Waals surface area contributed by atoms with E-state index in [0.717, 1.165) is 0 Å². The molecule has 0 aliphatic rings. The zero-order chi connectivity index (χ0) is 14.7. The zero-order valence-corrected chi connectivity index (χ0v) is 10.3. The van der Waals surface area contributed by atoms with Crippen LogP contribution in [0.4, 0.5) is 26.3 Å². The fourth-order valence-electron chi connectivity index (χ4n) is 1.04. The van der Waals surface area contributed by atoms with Crippen LogP contribution in [-0.4, -0.2) is 35.7 Å². The lowest BCUT2D eigenvalue weighted by atomic mass is 10.0. The van der Waals surface area contributed by atoms with Crippen molar-refractivity contribution in [3.05, 3.63) is 0 Å². The van der Waals surface area contributed by atoms with Crippen LogP contribution < -0.4 is 0 Å². The van der Waals surface area contributed by atoms with Crippen LogP contribution in [0.2, 0.25) is 0 Å². The van der Waals surface area contributed by atoms with Crippen molar-refractivity contribution < 1.29 is 35.9 Å². The number of Topliss-reactive ketones (excluding diaryl/α,β-unsaturated/α-hetero) is 1. The van der Waals surface area contributed by atoms with Gasteiger partial charge in [-0.15, -0.1) is 11.6 Å². The van der Waals surface area contributed by atoms with Crippen LogP contribution >= 0.6 is 23.2 Å². The van der Waals surface area contributed by atoms with Crippen LogP contribution in [0.5, 0.6) is 0 Å². The first kappa shape index (κ1) is 17.8. The Kier molecular flexibility index (Phi) is 6.22. The Bertz CT molecular complexity index is 276. The minimum atomic E-state index is -5.79. The van der Waals surface area contributed by atoms with Gasteiger partial charge in [0.05, 0.1) is 0 Å². The fraction of sp³-hybridized carbons (Fsp3) is 0.875. The molecule has 0 radical (unpaired) electrons. The summed E-state index contributed by atoms with van der Waals surface area (Å²) in [6.07, 6.45) is -11.6. The van der Waals surface area contributed by atoms with Crippen molar-refractivity contribution in [1.82, 2.24) is 0 Å². The smallest absolute Gasteiger partial charge is 0.361 e. The molecule has 0 saturated carbocycles. The van der Waals surface area contributed by atoms with Crippen LogP contribution in [0.25, 0.3) is 0 Å². The maximum absolute atomic E-state index is 12.2. The normalized spacial score (nSPS) is 16.8. The molecule has 10 heteroatoms. The average molecular weight is 321 g/mol. The predicted octanol–water partition coefficient (Wildman–Crippen LogP) is 3.51. The average Bonchev–Trinajstić information content (AvgIpc) is 2.12. The molecule has 18 heavy (non-hydrogen) atoms. The van der Waals surface area contributed by atoms with Crippen LogP contribution in [0.15, 0.2) is 0 Å². The molecule has 108 valence electrons. The van der Waals surface area contributed by atoms with Gasteiger partial charge < -0.3 is 4.74 Å². The number of carbonyl (C=O) groups excluding carboxylic acids is 1. The number of carbonyl (C=O) groups is 1. The van der Waals surface area contributed by atoms with Crippen LogP contribution in [-0.2, 0) is 9.53 Å². The standard InChI is InChI=1S/C8H8Cl2F6O2/c1-2-18-6(10)3(9)4(17)5(7(11,12)13)8(14,15)16/h3,5-6H,2H2,1H3. The van der Waals surface area contributed by atoms with E-state index in [2.05, 4.69) is 4.74 Å². The van der Waals surface area contributed by atoms with Gasteiger partial charge >= 0.3 is 12.4 Å². The highest BCUT2D eigenvalue weighted by Gasteiger charge is 2.62. The largest absolute Gasteiger partial charge is 0.407 e. The monoisotopic (exact) mass is 320 g/mol. The lowest BCUT2D eigenvalue weighted by Gasteiger charge is -2.25. The van der Waals surface area contributed by atoms with Gasteiger partial charge in [-0.25, -0.2) is 0 Å². The number of halogens is 8. The van der Waals surface area contributed by atoms with Crippen molar-refractivity contribution in [3.63, 3.8) is 0 Å². The van der Waals surface area contributed by atoms with Gasteiger partial charge in [-0.1, -0.05) is 11.6 Å². The molecule has 2 atom stereocenters. The molecule has 0 spiro atoms. The second-order valence-electron chi connectivity index (χ2n) is 3.13.